The first-order chi connectivity index (χ1) is 23.8. The van der Waals surface area contributed by atoms with Crippen LogP contribution in [0.3, 0.4) is 0 Å². The number of fused-ring (bicyclic) bond motifs is 3. The van der Waals surface area contributed by atoms with Gasteiger partial charge in [0, 0.05) is 24.7 Å². The van der Waals surface area contributed by atoms with Gasteiger partial charge in [0.1, 0.15) is 12.0 Å². The van der Waals surface area contributed by atoms with E-state index in [0.29, 0.717) is 29.5 Å². The number of hydrogen-bond acceptors (Lipinski definition) is 3. The Morgan fingerprint density at radius 1 is 0.720 bits per heavy atom. The maximum absolute atomic E-state index is 13.7. The lowest BCUT2D eigenvalue weighted by Gasteiger charge is -2.33. The van der Waals surface area contributed by atoms with Crippen molar-refractivity contribution in [2.75, 3.05) is 26.2 Å². The Morgan fingerprint density at radius 2 is 1.26 bits per heavy atom. The molecule has 0 radical (unpaired) electrons. The van der Waals surface area contributed by atoms with Crippen LogP contribution in [0.25, 0.3) is 22.3 Å². The minimum Gasteiger partial charge on any atom is -0.349 e. The van der Waals surface area contributed by atoms with E-state index in [0.717, 1.165) is 73.3 Å². The maximum Gasteiger partial charge on any atom is 0.416 e. The predicted molar refractivity (Wildman–Crippen MR) is 179 cm³/mol. The number of nitrogens with one attached hydrogen (secondary N) is 2. The first kappa shape index (κ1) is 35.2. The van der Waals surface area contributed by atoms with Crippen molar-refractivity contribution in [3.63, 3.8) is 0 Å². The van der Waals surface area contributed by atoms with E-state index in [1.807, 2.05) is 48.5 Å². The zero-order valence-corrected chi connectivity index (χ0v) is 27.2. The molecule has 1 heterocycles. The summed E-state index contributed by atoms with van der Waals surface area (Å²) in [5.74, 6) is -0.855. The fourth-order valence-electron chi connectivity index (χ4n) is 7.25. The highest BCUT2D eigenvalue weighted by molar-refractivity contribution is 6.00. The fraction of sp³-hybridized carbons (Fsp3) is 0.333. The molecule has 5 nitrogen and oxygen atoms in total. The van der Waals surface area contributed by atoms with Crippen LogP contribution in [-0.4, -0.2) is 55.1 Å². The number of carbonyl (C=O) groups is 2. The molecule has 0 bridgehead atoms. The molecule has 0 atom stereocenters. The van der Waals surface area contributed by atoms with Crippen molar-refractivity contribution in [1.29, 1.82) is 0 Å². The molecule has 0 aromatic heterocycles. The van der Waals surface area contributed by atoms with E-state index in [4.69, 9.17) is 0 Å². The summed E-state index contributed by atoms with van der Waals surface area (Å²) in [6.45, 7) is 0.897. The van der Waals surface area contributed by atoms with Crippen LogP contribution in [0.15, 0.2) is 97.1 Å². The van der Waals surface area contributed by atoms with Crippen LogP contribution in [-0.2, 0) is 16.4 Å². The Hall–Kier alpha value is -4.64. The van der Waals surface area contributed by atoms with Crippen LogP contribution >= 0.6 is 0 Å². The second-order valence-corrected chi connectivity index (χ2v) is 13.0. The summed E-state index contributed by atoms with van der Waals surface area (Å²) in [5.41, 5.74) is 3.04. The molecule has 4 aromatic rings. The molecule has 2 aliphatic rings. The van der Waals surface area contributed by atoms with Crippen molar-refractivity contribution in [3.05, 3.63) is 119 Å². The zero-order chi connectivity index (χ0) is 35.5. The van der Waals surface area contributed by atoms with Crippen LogP contribution in [0.5, 0.6) is 0 Å². The molecule has 1 aliphatic carbocycles. The summed E-state index contributed by atoms with van der Waals surface area (Å²) in [7, 11) is 0. The average molecular weight is 694 g/mol. The largest absolute Gasteiger partial charge is 0.416 e. The number of likely N-dealkylation sites (tertiary alicyclic amines) is 1. The van der Waals surface area contributed by atoms with Gasteiger partial charge in [-0.2, -0.15) is 26.3 Å². The smallest absolute Gasteiger partial charge is 0.349 e. The molecule has 0 unspecified atom stereocenters. The summed E-state index contributed by atoms with van der Waals surface area (Å²) in [4.78, 5) is 28.9. The van der Waals surface area contributed by atoms with Crippen LogP contribution < -0.4 is 10.6 Å². The van der Waals surface area contributed by atoms with Crippen molar-refractivity contribution in [3.8, 4) is 22.3 Å². The van der Waals surface area contributed by atoms with Gasteiger partial charge in [-0.05, 0) is 89.9 Å². The molecular formula is C39H37F6N3O2. The molecule has 0 spiro atoms. The van der Waals surface area contributed by atoms with Crippen molar-refractivity contribution in [2.45, 2.75) is 55.9 Å². The van der Waals surface area contributed by atoms with E-state index in [1.54, 1.807) is 24.3 Å². The van der Waals surface area contributed by atoms with E-state index >= 15 is 0 Å². The molecule has 1 aliphatic heterocycles. The van der Waals surface area contributed by atoms with Crippen LogP contribution in [0, 0.1) is 0 Å². The molecule has 2 amide bonds. The Bertz CT molecular complexity index is 1770. The van der Waals surface area contributed by atoms with E-state index in [1.165, 1.54) is 12.1 Å². The summed E-state index contributed by atoms with van der Waals surface area (Å²) in [6, 6.07) is 26.5. The summed E-state index contributed by atoms with van der Waals surface area (Å²) in [6.07, 6.45) is -5.68. The molecule has 1 saturated heterocycles. The number of benzene rings is 4. The molecule has 4 aromatic carbocycles. The van der Waals surface area contributed by atoms with Gasteiger partial charge in [-0.25, -0.2) is 0 Å². The lowest BCUT2D eigenvalue weighted by atomic mass is 9.73. The minimum absolute atomic E-state index is 0.0135. The van der Waals surface area contributed by atoms with Gasteiger partial charge in [0.05, 0.1) is 5.56 Å². The van der Waals surface area contributed by atoms with E-state index < -0.39 is 35.8 Å². The Morgan fingerprint density at radius 3 is 1.80 bits per heavy atom. The fourth-order valence-corrected chi connectivity index (χ4v) is 7.25. The second kappa shape index (κ2) is 14.3. The molecule has 6 rings (SSSR count). The molecule has 1 fully saturated rings. The van der Waals surface area contributed by atoms with Crippen LogP contribution in [0.1, 0.15) is 59.2 Å². The first-order valence-electron chi connectivity index (χ1n) is 16.7. The summed E-state index contributed by atoms with van der Waals surface area (Å²) in [5, 5.41) is 5.27. The number of amides is 2. The SMILES string of the molecule is O=C(NC1CCN(CCCCC2(C(=O)NCC(F)(F)F)c3ccccc3-c3ccccc32)CC1)c1ccc(-c2ccc(C(F)(F)F)cc2)cc1. The van der Waals surface area contributed by atoms with Gasteiger partial charge in [-0.3, -0.25) is 9.59 Å². The van der Waals surface area contributed by atoms with Gasteiger partial charge in [0.25, 0.3) is 5.91 Å². The van der Waals surface area contributed by atoms with Gasteiger partial charge >= 0.3 is 12.4 Å². The topological polar surface area (TPSA) is 61.4 Å². The Balaban J connectivity index is 1.01. The number of hydrogen-bond donors (Lipinski definition) is 2. The molecule has 11 heteroatoms. The molecule has 0 saturated carbocycles. The van der Waals surface area contributed by atoms with Crippen molar-refractivity contribution in [2.24, 2.45) is 0 Å². The number of alkyl halides is 6. The average Bonchev–Trinajstić information content (AvgIpc) is 3.39. The standard InChI is InChI=1S/C39H37F6N3O2/c40-38(41,42)25-46-36(50)37(33-9-3-1-7-31(33)32-8-2-4-10-34(32)37)21-5-6-22-48-23-19-30(20-24-48)47-35(49)28-13-11-26(12-14-28)27-15-17-29(18-16-27)39(43,44)45/h1-4,7-18,30H,5-6,19-25H2,(H,46,50)(H,47,49). The number of halogens is 6. The summed E-state index contributed by atoms with van der Waals surface area (Å²) < 4.78 is 78.1. The zero-order valence-electron chi connectivity index (χ0n) is 27.2. The van der Waals surface area contributed by atoms with Gasteiger partial charge in [0.15, 0.2) is 0 Å². The minimum atomic E-state index is -4.52. The van der Waals surface area contributed by atoms with Gasteiger partial charge in [0.2, 0.25) is 5.91 Å². The number of nitrogens with zero attached hydrogens (tertiary/aromatic N) is 1. The first-order valence-corrected chi connectivity index (χ1v) is 16.7. The highest BCUT2D eigenvalue weighted by Crippen LogP contribution is 2.51. The monoisotopic (exact) mass is 693 g/mol. The third-order valence-electron chi connectivity index (χ3n) is 9.79. The number of carbonyl (C=O) groups excluding carboxylic acids is 2. The van der Waals surface area contributed by atoms with Gasteiger partial charge in [-0.1, -0.05) is 79.2 Å². The second-order valence-electron chi connectivity index (χ2n) is 13.0. The summed E-state index contributed by atoms with van der Waals surface area (Å²) >= 11 is 0. The Labute approximate surface area is 286 Å². The van der Waals surface area contributed by atoms with Crippen molar-refractivity contribution in [1.82, 2.24) is 15.5 Å². The molecule has 2 N–H and O–H groups in total. The number of unbranched alkanes of at least 4 members (excludes halogenated alkanes) is 1. The molecule has 262 valence electrons. The van der Waals surface area contributed by atoms with E-state index in [-0.39, 0.29) is 11.9 Å². The van der Waals surface area contributed by atoms with Crippen LogP contribution in [0.4, 0.5) is 26.3 Å². The highest BCUT2D eigenvalue weighted by atomic mass is 19.4. The normalized spacial score (nSPS) is 16.0. The lowest BCUT2D eigenvalue weighted by Crippen LogP contribution is -2.47. The van der Waals surface area contributed by atoms with E-state index in [2.05, 4.69) is 15.5 Å². The molecule has 50 heavy (non-hydrogen) atoms. The Kier molecular flexibility index (Phi) is 10.1. The van der Waals surface area contributed by atoms with Gasteiger partial charge < -0.3 is 15.5 Å². The molecular weight excluding hydrogens is 656 g/mol. The number of rotatable bonds is 10. The lowest BCUT2D eigenvalue weighted by molar-refractivity contribution is -0.141. The van der Waals surface area contributed by atoms with Gasteiger partial charge in [-0.15, -0.1) is 0 Å². The number of piperidine rings is 1. The van der Waals surface area contributed by atoms with Crippen molar-refractivity contribution >= 4 is 11.8 Å². The van der Waals surface area contributed by atoms with E-state index in [9.17, 15) is 35.9 Å². The van der Waals surface area contributed by atoms with Crippen LogP contribution in [0.2, 0.25) is 0 Å². The van der Waals surface area contributed by atoms with Crippen molar-refractivity contribution < 1.29 is 35.9 Å². The third kappa shape index (κ3) is 7.57. The third-order valence-corrected chi connectivity index (χ3v) is 9.79. The predicted octanol–water partition coefficient (Wildman–Crippen LogP) is 8.38. The quantitative estimate of drug-likeness (QED) is 0.130. The highest BCUT2D eigenvalue weighted by Gasteiger charge is 2.49. The maximum atomic E-state index is 13.7.